The van der Waals surface area contributed by atoms with Gasteiger partial charge in [0, 0.05) is 12.4 Å². The Labute approximate surface area is 76.4 Å². The number of hydrogen-bond acceptors (Lipinski definition) is 4. The molecule has 14 heavy (non-hydrogen) atoms. The number of imidazole rings is 2. The third kappa shape index (κ3) is 0.657. The van der Waals surface area contributed by atoms with Gasteiger partial charge in [-0.2, -0.15) is 0 Å². The first-order chi connectivity index (χ1) is 6.79. The zero-order chi connectivity index (χ0) is 9.71. The van der Waals surface area contributed by atoms with Crippen LogP contribution in [0.4, 0.5) is 0 Å². The predicted octanol–water partition coefficient (Wildman–Crippen LogP) is -0.860. The van der Waals surface area contributed by atoms with Gasteiger partial charge in [0.1, 0.15) is 11.8 Å². The second-order valence-corrected chi connectivity index (χ2v) is 2.88. The van der Waals surface area contributed by atoms with Crippen LogP contribution in [0.2, 0.25) is 0 Å². The smallest absolute Gasteiger partial charge is 0.266 e. The van der Waals surface area contributed by atoms with Crippen LogP contribution >= 0.6 is 0 Å². The minimum Gasteiger partial charge on any atom is -0.266 e. The summed E-state index contributed by atoms with van der Waals surface area (Å²) in [7, 11) is 0. The zero-order valence-electron chi connectivity index (χ0n) is 6.91. The number of hydrogen-bond donors (Lipinski definition) is 0. The summed E-state index contributed by atoms with van der Waals surface area (Å²) in [6, 6.07) is 0. The van der Waals surface area contributed by atoms with Crippen molar-refractivity contribution in [2.45, 2.75) is 0 Å². The largest absolute Gasteiger partial charge is 0.300 e. The van der Waals surface area contributed by atoms with Crippen LogP contribution in [0.15, 0.2) is 34.5 Å². The van der Waals surface area contributed by atoms with Gasteiger partial charge in [0.05, 0.1) is 6.20 Å². The molecule has 0 aliphatic rings. The van der Waals surface area contributed by atoms with E-state index in [0.29, 0.717) is 0 Å². The minimum absolute atomic E-state index is 0.125. The summed E-state index contributed by atoms with van der Waals surface area (Å²) in [6.45, 7) is 0. The van der Waals surface area contributed by atoms with Crippen LogP contribution in [0.1, 0.15) is 0 Å². The molecule has 3 rings (SSSR count). The monoisotopic (exact) mass is 188 g/mol. The van der Waals surface area contributed by atoms with Gasteiger partial charge in [0.25, 0.3) is 11.1 Å². The fourth-order valence-electron chi connectivity index (χ4n) is 1.47. The number of nitrogens with zero attached hydrogens (tertiary/aromatic N) is 4. The summed E-state index contributed by atoms with van der Waals surface area (Å²) >= 11 is 0. The average Bonchev–Trinajstić information content (AvgIpc) is 2.82. The molecule has 0 radical (unpaired) electrons. The summed E-state index contributed by atoms with van der Waals surface area (Å²) in [6.07, 6.45) is 5.56. The molecule has 68 valence electrons. The lowest BCUT2D eigenvalue weighted by molar-refractivity contribution is 1.01. The van der Waals surface area contributed by atoms with Crippen LogP contribution in [-0.2, 0) is 0 Å². The molecule has 3 heterocycles. The molecule has 0 aliphatic carbocycles. The van der Waals surface area contributed by atoms with Crippen molar-refractivity contribution in [2.24, 2.45) is 0 Å². The van der Waals surface area contributed by atoms with E-state index in [-0.39, 0.29) is 22.3 Å². The average molecular weight is 188 g/mol. The molecule has 0 fully saturated rings. The highest BCUT2D eigenvalue weighted by Gasteiger charge is 2.09. The van der Waals surface area contributed by atoms with Gasteiger partial charge in [-0.3, -0.25) is 18.4 Å². The van der Waals surface area contributed by atoms with Crippen molar-refractivity contribution in [3.8, 4) is 0 Å². The molecule has 3 aromatic heterocycles. The lowest BCUT2D eigenvalue weighted by Gasteiger charge is -1.92. The van der Waals surface area contributed by atoms with Crippen LogP contribution in [0.25, 0.3) is 11.2 Å². The van der Waals surface area contributed by atoms with E-state index in [1.165, 1.54) is 33.7 Å². The van der Waals surface area contributed by atoms with Crippen molar-refractivity contribution in [3.63, 3.8) is 0 Å². The minimum atomic E-state index is -0.331. The summed E-state index contributed by atoms with van der Waals surface area (Å²) in [5.74, 6) is 0. The first kappa shape index (κ1) is 7.19. The van der Waals surface area contributed by atoms with Crippen molar-refractivity contribution in [3.05, 3.63) is 45.6 Å². The molecular formula is C8H4N4O2. The highest BCUT2D eigenvalue weighted by atomic mass is 16.1. The quantitative estimate of drug-likeness (QED) is 0.460. The molecule has 6 nitrogen and oxygen atoms in total. The van der Waals surface area contributed by atoms with E-state index < -0.39 is 0 Å². The topological polar surface area (TPSA) is 68.7 Å². The Morgan fingerprint density at radius 3 is 2.86 bits per heavy atom. The van der Waals surface area contributed by atoms with Crippen LogP contribution in [0.3, 0.4) is 0 Å². The first-order valence-corrected chi connectivity index (χ1v) is 3.94. The molecule has 0 aliphatic heterocycles. The van der Waals surface area contributed by atoms with Crippen molar-refractivity contribution >= 4 is 11.2 Å². The van der Waals surface area contributed by atoms with Crippen LogP contribution in [0.5, 0.6) is 0 Å². The second-order valence-electron chi connectivity index (χ2n) is 2.88. The molecule has 0 spiro atoms. The first-order valence-electron chi connectivity index (χ1n) is 3.94. The van der Waals surface area contributed by atoms with Crippen LogP contribution in [-0.4, -0.2) is 18.8 Å². The lowest BCUT2D eigenvalue weighted by Crippen LogP contribution is -2.25. The Kier molecular flexibility index (Phi) is 1.11. The Balaban J connectivity index is 2.88. The SMILES string of the molecule is O=c1c2nccn2c(=O)c2cncn12. The van der Waals surface area contributed by atoms with Gasteiger partial charge in [0.15, 0.2) is 0 Å². The van der Waals surface area contributed by atoms with Crippen molar-refractivity contribution in [1.82, 2.24) is 18.8 Å². The number of rotatable bonds is 0. The molecule has 0 saturated heterocycles. The van der Waals surface area contributed by atoms with E-state index in [0.717, 1.165) is 0 Å². The maximum Gasteiger partial charge on any atom is 0.300 e. The van der Waals surface area contributed by atoms with E-state index in [2.05, 4.69) is 9.97 Å². The van der Waals surface area contributed by atoms with E-state index >= 15 is 0 Å². The summed E-state index contributed by atoms with van der Waals surface area (Å²) in [5.41, 5.74) is -0.224. The summed E-state index contributed by atoms with van der Waals surface area (Å²) in [4.78, 5) is 30.9. The van der Waals surface area contributed by atoms with E-state index in [9.17, 15) is 9.59 Å². The second kappa shape index (κ2) is 2.16. The van der Waals surface area contributed by atoms with Gasteiger partial charge < -0.3 is 0 Å². The fraction of sp³-hybridized carbons (Fsp3) is 0. The maximum absolute atomic E-state index is 11.7. The highest BCUT2D eigenvalue weighted by molar-refractivity contribution is 5.49. The Bertz CT molecular complexity index is 610. The molecular weight excluding hydrogens is 184 g/mol. The Hall–Kier alpha value is -2.24. The Morgan fingerprint density at radius 2 is 2.00 bits per heavy atom. The zero-order valence-corrected chi connectivity index (χ0v) is 6.91. The molecule has 0 atom stereocenters. The molecule has 0 aromatic carbocycles. The third-order valence-corrected chi connectivity index (χ3v) is 2.13. The van der Waals surface area contributed by atoms with Gasteiger partial charge in [0.2, 0.25) is 5.65 Å². The van der Waals surface area contributed by atoms with Gasteiger partial charge in [-0.25, -0.2) is 9.97 Å². The molecule has 0 N–H and O–H groups in total. The molecule has 3 aromatic rings. The van der Waals surface area contributed by atoms with Crippen LogP contribution < -0.4 is 11.1 Å². The van der Waals surface area contributed by atoms with Crippen molar-refractivity contribution in [1.29, 1.82) is 0 Å². The third-order valence-electron chi connectivity index (χ3n) is 2.13. The van der Waals surface area contributed by atoms with E-state index in [1.54, 1.807) is 0 Å². The maximum atomic E-state index is 11.7. The van der Waals surface area contributed by atoms with Gasteiger partial charge in [-0.15, -0.1) is 0 Å². The highest BCUT2D eigenvalue weighted by Crippen LogP contribution is 1.94. The van der Waals surface area contributed by atoms with Gasteiger partial charge >= 0.3 is 0 Å². The van der Waals surface area contributed by atoms with E-state index in [1.807, 2.05) is 0 Å². The summed E-state index contributed by atoms with van der Waals surface area (Å²) < 4.78 is 2.42. The van der Waals surface area contributed by atoms with Crippen LogP contribution in [0, 0.1) is 0 Å². The molecule has 6 heteroatoms. The summed E-state index contributed by atoms with van der Waals surface area (Å²) in [5, 5.41) is 0. The molecule has 0 unspecified atom stereocenters. The fourth-order valence-corrected chi connectivity index (χ4v) is 1.47. The van der Waals surface area contributed by atoms with Crippen molar-refractivity contribution in [2.75, 3.05) is 0 Å². The number of aromatic nitrogens is 4. The normalized spacial score (nSPS) is 11.4. The number of fused-ring (bicyclic) bond motifs is 2. The van der Waals surface area contributed by atoms with E-state index in [4.69, 9.17) is 0 Å². The van der Waals surface area contributed by atoms with Gasteiger partial charge in [-0.1, -0.05) is 0 Å². The Morgan fingerprint density at radius 1 is 1.14 bits per heavy atom. The molecule has 0 amide bonds. The van der Waals surface area contributed by atoms with Crippen molar-refractivity contribution < 1.29 is 0 Å². The lowest BCUT2D eigenvalue weighted by atomic mass is 10.5. The standard InChI is InChI=1S/C8H4N4O2/c13-7-5-3-9-4-12(5)8(14)6-10-1-2-11(6)7/h1-4H. The van der Waals surface area contributed by atoms with Gasteiger partial charge in [-0.05, 0) is 0 Å². The molecule has 0 bridgehead atoms. The molecule has 0 saturated carbocycles. The predicted molar refractivity (Wildman–Crippen MR) is 47.7 cm³/mol.